The molecule has 0 radical (unpaired) electrons. The number of hydrogen-bond acceptors (Lipinski definition) is 4. The predicted octanol–water partition coefficient (Wildman–Crippen LogP) is 4.44. The first-order chi connectivity index (χ1) is 12.5. The van der Waals surface area contributed by atoms with Crippen LogP contribution in [0.5, 0.6) is 5.75 Å². The number of halogens is 1. The van der Waals surface area contributed by atoms with Crippen molar-refractivity contribution in [2.45, 2.75) is 20.3 Å². The van der Waals surface area contributed by atoms with Gasteiger partial charge in [0.15, 0.2) is 6.61 Å². The van der Waals surface area contributed by atoms with Crippen LogP contribution in [0.4, 0.5) is 5.69 Å². The van der Waals surface area contributed by atoms with Gasteiger partial charge in [-0.15, -0.1) is 0 Å². The molecular weight excluding hydrogens is 398 g/mol. The van der Waals surface area contributed by atoms with Gasteiger partial charge in [0, 0.05) is 27.7 Å². The van der Waals surface area contributed by atoms with Gasteiger partial charge in [0.05, 0.1) is 0 Å². The summed E-state index contributed by atoms with van der Waals surface area (Å²) >= 11 is 3.42. The largest absolute Gasteiger partial charge is 0.484 e. The number of carbonyl (C=O) groups excluding carboxylic acids is 1. The molecule has 3 aromatic rings. The molecule has 2 aromatic carbocycles. The Morgan fingerprint density at radius 2 is 2.00 bits per heavy atom. The topological polar surface area (TPSA) is 68.5 Å². The van der Waals surface area contributed by atoms with Crippen LogP contribution in [0.25, 0.3) is 11.0 Å². The van der Waals surface area contributed by atoms with Gasteiger partial charge < -0.3 is 14.5 Å². The quantitative estimate of drug-likeness (QED) is 0.625. The SMILES string of the molecule is CCc1cc(=O)oc2cc(OCC(=O)Nc3ccc(Br)c(C)c3)ccc12. The zero-order chi connectivity index (χ0) is 18.7. The Balaban J connectivity index is 1.70. The van der Waals surface area contributed by atoms with Crippen molar-refractivity contribution in [2.24, 2.45) is 0 Å². The maximum atomic E-state index is 12.1. The number of nitrogens with one attached hydrogen (secondary N) is 1. The molecule has 0 spiro atoms. The van der Waals surface area contributed by atoms with E-state index in [1.807, 2.05) is 38.1 Å². The van der Waals surface area contributed by atoms with Gasteiger partial charge in [-0.05, 0) is 54.8 Å². The van der Waals surface area contributed by atoms with Crippen LogP contribution >= 0.6 is 15.9 Å². The Hall–Kier alpha value is -2.60. The molecule has 5 nitrogen and oxygen atoms in total. The van der Waals surface area contributed by atoms with Crippen LogP contribution in [0, 0.1) is 6.92 Å². The highest BCUT2D eigenvalue weighted by atomic mass is 79.9. The molecule has 0 aliphatic heterocycles. The van der Waals surface area contributed by atoms with Crippen LogP contribution in [0.2, 0.25) is 0 Å². The number of fused-ring (bicyclic) bond motifs is 1. The number of benzene rings is 2. The monoisotopic (exact) mass is 415 g/mol. The Labute approximate surface area is 159 Å². The van der Waals surface area contributed by atoms with Gasteiger partial charge >= 0.3 is 5.63 Å². The minimum Gasteiger partial charge on any atom is -0.484 e. The Morgan fingerprint density at radius 1 is 1.19 bits per heavy atom. The average Bonchev–Trinajstić information content (AvgIpc) is 2.62. The van der Waals surface area contributed by atoms with E-state index < -0.39 is 5.63 Å². The van der Waals surface area contributed by atoms with Crippen molar-refractivity contribution >= 4 is 38.5 Å². The maximum absolute atomic E-state index is 12.1. The summed E-state index contributed by atoms with van der Waals surface area (Å²) in [5.41, 5.74) is 2.72. The number of anilines is 1. The molecule has 26 heavy (non-hydrogen) atoms. The molecule has 134 valence electrons. The molecular formula is C20H18BrNO4. The Morgan fingerprint density at radius 3 is 2.73 bits per heavy atom. The fraction of sp³-hybridized carbons (Fsp3) is 0.200. The highest BCUT2D eigenvalue weighted by Gasteiger charge is 2.08. The van der Waals surface area contributed by atoms with Crippen molar-refractivity contribution in [1.82, 2.24) is 0 Å². The van der Waals surface area contributed by atoms with E-state index in [1.165, 1.54) is 6.07 Å². The first-order valence-electron chi connectivity index (χ1n) is 8.22. The van der Waals surface area contributed by atoms with Crippen molar-refractivity contribution in [3.63, 3.8) is 0 Å². The van der Waals surface area contributed by atoms with Crippen LogP contribution in [-0.2, 0) is 11.2 Å². The molecule has 0 saturated heterocycles. The van der Waals surface area contributed by atoms with E-state index in [-0.39, 0.29) is 12.5 Å². The molecule has 0 unspecified atom stereocenters. The lowest BCUT2D eigenvalue weighted by Gasteiger charge is -2.10. The van der Waals surface area contributed by atoms with Gasteiger partial charge in [-0.2, -0.15) is 0 Å². The summed E-state index contributed by atoms with van der Waals surface area (Å²) in [6.07, 6.45) is 0.733. The Kier molecular flexibility index (Phi) is 5.42. The summed E-state index contributed by atoms with van der Waals surface area (Å²) in [6, 6.07) is 12.3. The third-order valence-electron chi connectivity index (χ3n) is 3.99. The molecule has 0 aliphatic carbocycles. The normalized spacial score (nSPS) is 10.7. The summed E-state index contributed by atoms with van der Waals surface area (Å²) in [6.45, 7) is 3.79. The minimum atomic E-state index is -0.394. The number of amides is 1. The summed E-state index contributed by atoms with van der Waals surface area (Å²) in [4.78, 5) is 23.7. The van der Waals surface area contributed by atoms with E-state index in [4.69, 9.17) is 9.15 Å². The first kappa shape index (κ1) is 18.2. The number of rotatable bonds is 5. The highest BCUT2D eigenvalue weighted by molar-refractivity contribution is 9.10. The fourth-order valence-corrected chi connectivity index (χ4v) is 2.91. The number of aryl methyl sites for hydroxylation is 2. The zero-order valence-corrected chi connectivity index (χ0v) is 16.1. The van der Waals surface area contributed by atoms with Crippen molar-refractivity contribution in [2.75, 3.05) is 11.9 Å². The van der Waals surface area contributed by atoms with E-state index >= 15 is 0 Å². The molecule has 3 rings (SSSR count). The number of carbonyl (C=O) groups is 1. The minimum absolute atomic E-state index is 0.141. The molecule has 1 amide bonds. The lowest BCUT2D eigenvalue weighted by molar-refractivity contribution is -0.118. The molecule has 6 heteroatoms. The summed E-state index contributed by atoms with van der Waals surface area (Å²) in [5, 5.41) is 3.66. The van der Waals surface area contributed by atoms with Gasteiger partial charge in [0.25, 0.3) is 5.91 Å². The van der Waals surface area contributed by atoms with Crippen LogP contribution in [0.15, 0.2) is 56.1 Å². The lowest BCUT2D eigenvalue weighted by atomic mass is 10.1. The van der Waals surface area contributed by atoms with Crippen molar-refractivity contribution < 1.29 is 13.9 Å². The Bertz CT molecular complexity index is 1030. The third-order valence-corrected chi connectivity index (χ3v) is 4.88. The molecule has 0 fully saturated rings. The standard InChI is InChI=1S/C20H18BrNO4/c1-3-13-9-20(24)26-18-10-15(5-6-16(13)18)25-11-19(23)22-14-4-7-17(21)12(2)8-14/h4-10H,3,11H2,1-2H3,(H,22,23). The maximum Gasteiger partial charge on any atom is 0.336 e. The molecule has 0 aliphatic rings. The van der Waals surface area contributed by atoms with Gasteiger partial charge in [-0.25, -0.2) is 4.79 Å². The highest BCUT2D eigenvalue weighted by Crippen LogP contribution is 2.23. The molecule has 1 heterocycles. The van der Waals surface area contributed by atoms with Crippen molar-refractivity contribution in [1.29, 1.82) is 0 Å². The van der Waals surface area contributed by atoms with Crippen LogP contribution in [0.1, 0.15) is 18.1 Å². The van der Waals surface area contributed by atoms with E-state index in [0.717, 1.165) is 27.4 Å². The third kappa shape index (κ3) is 4.14. The van der Waals surface area contributed by atoms with Gasteiger partial charge in [-0.1, -0.05) is 22.9 Å². The molecule has 1 aromatic heterocycles. The van der Waals surface area contributed by atoms with Crippen molar-refractivity contribution in [3.05, 3.63) is 68.5 Å². The summed E-state index contributed by atoms with van der Waals surface area (Å²) in [5.74, 6) is 0.201. The fourth-order valence-electron chi connectivity index (χ4n) is 2.66. The van der Waals surface area contributed by atoms with E-state index in [9.17, 15) is 9.59 Å². The molecule has 0 saturated carbocycles. The number of ether oxygens (including phenoxy) is 1. The molecule has 1 N–H and O–H groups in total. The van der Waals surface area contributed by atoms with E-state index in [1.54, 1.807) is 12.1 Å². The van der Waals surface area contributed by atoms with Crippen LogP contribution in [0.3, 0.4) is 0 Å². The van der Waals surface area contributed by atoms with Gasteiger partial charge in [0.2, 0.25) is 0 Å². The zero-order valence-electron chi connectivity index (χ0n) is 14.5. The molecule has 0 bridgehead atoms. The van der Waals surface area contributed by atoms with E-state index in [0.29, 0.717) is 17.0 Å². The van der Waals surface area contributed by atoms with Crippen LogP contribution < -0.4 is 15.7 Å². The number of hydrogen-bond donors (Lipinski definition) is 1. The van der Waals surface area contributed by atoms with Crippen molar-refractivity contribution in [3.8, 4) is 5.75 Å². The first-order valence-corrected chi connectivity index (χ1v) is 9.01. The summed E-state index contributed by atoms with van der Waals surface area (Å²) < 4.78 is 11.7. The summed E-state index contributed by atoms with van der Waals surface area (Å²) in [7, 11) is 0. The molecule has 0 atom stereocenters. The second-order valence-electron chi connectivity index (χ2n) is 5.90. The smallest absolute Gasteiger partial charge is 0.336 e. The lowest BCUT2D eigenvalue weighted by Crippen LogP contribution is -2.20. The van der Waals surface area contributed by atoms with Gasteiger partial charge in [-0.3, -0.25) is 4.79 Å². The van der Waals surface area contributed by atoms with Crippen LogP contribution in [-0.4, -0.2) is 12.5 Å². The second kappa shape index (κ2) is 7.74. The predicted molar refractivity (Wildman–Crippen MR) is 105 cm³/mol. The second-order valence-corrected chi connectivity index (χ2v) is 6.76. The van der Waals surface area contributed by atoms with Gasteiger partial charge in [0.1, 0.15) is 11.3 Å². The van der Waals surface area contributed by atoms with E-state index in [2.05, 4.69) is 21.2 Å². The average molecular weight is 416 g/mol.